The van der Waals surface area contributed by atoms with Crippen LogP contribution in [-0.4, -0.2) is 23.8 Å². The van der Waals surface area contributed by atoms with Gasteiger partial charge in [0.15, 0.2) is 5.78 Å². The van der Waals surface area contributed by atoms with Gasteiger partial charge in [-0.1, -0.05) is 32.9 Å². The van der Waals surface area contributed by atoms with Crippen molar-refractivity contribution in [3.63, 3.8) is 0 Å². The third-order valence-corrected chi connectivity index (χ3v) is 3.35. The predicted octanol–water partition coefficient (Wildman–Crippen LogP) is 3.31. The van der Waals surface area contributed by atoms with Gasteiger partial charge in [0.25, 0.3) is 0 Å². The first-order valence-corrected chi connectivity index (χ1v) is 7.28. The molecular formula is C18H20N2O3. The molecule has 1 amide bonds. The van der Waals surface area contributed by atoms with Crippen molar-refractivity contribution in [3.8, 4) is 5.75 Å². The Hall–Kier alpha value is -2.69. The number of ketones is 1. The molecule has 1 heterocycles. The average molecular weight is 312 g/mol. The number of nitrogens with zero attached hydrogens (tertiary/aromatic N) is 1. The maximum atomic E-state index is 12.8. The van der Waals surface area contributed by atoms with Crippen LogP contribution in [0.2, 0.25) is 0 Å². The van der Waals surface area contributed by atoms with Crippen molar-refractivity contribution in [2.24, 2.45) is 5.41 Å². The molecule has 120 valence electrons. The zero-order chi connectivity index (χ0) is 17.0. The number of benzene rings is 1. The van der Waals surface area contributed by atoms with Crippen molar-refractivity contribution >= 4 is 17.4 Å². The molecule has 5 nitrogen and oxygen atoms in total. The van der Waals surface area contributed by atoms with Gasteiger partial charge in [-0.05, 0) is 18.2 Å². The number of anilines is 1. The number of para-hydroxylation sites is 1. The molecule has 0 aliphatic heterocycles. The Bertz CT molecular complexity index is 733. The maximum absolute atomic E-state index is 12.8. The van der Waals surface area contributed by atoms with E-state index in [0.29, 0.717) is 22.6 Å². The summed E-state index contributed by atoms with van der Waals surface area (Å²) in [5, 5.41) is 2.78. The number of hydrogen-bond donors (Lipinski definition) is 1. The summed E-state index contributed by atoms with van der Waals surface area (Å²) in [6, 6.07) is 8.57. The summed E-state index contributed by atoms with van der Waals surface area (Å²) in [5.74, 6) is 0.0797. The number of carbonyl (C=O) groups excluding carboxylic acids is 2. The lowest BCUT2D eigenvalue weighted by molar-refractivity contribution is -0.123. The minimum absolute atomic E-state index is 0.181. The first-order valence-electron chi connectivity index (χ1n) is 7.28. The number of aromatic nitrogens is 1. The monoisotopic (exact) mass is 312 g/mol. The Morgan fingerprint density at radius 2 is 1.78 bits per heavy atom. The molecule has 23 heavy (non-hydrogen) atoms. The van der Waals surface area contributed by atoms with E-state index in [9.17, 15) is 9.59 Å². The summed E-state index contributed by atoms with van der Waals surface area (Å²) in [6.07, 6.45) is 3.00. The fraction of sp³-hybridized carbons (Fsp3) is 0.278. The Labute approximate surface area is 135 Å². The minimum Gasteiger partial charge on any atom is -0.496 e. The Kier molecular flexibility index (Phi) is 4.79. The van der Waals surface area contributed by atoms with E-state index in [1.54, 1.807) is 51.1 Å². The summed E-state index contributed by atoms with van der Waals surface area (Å²) in [6.45, 7) is 5.42. The predicted molar refractivity (Wildman–Crippen MR) is 88.7 cm³/mol. The van der Waals surface area contributed by atoms with Gasteiger partial charge in [-0.2, -0.15) is 0 Å². The molecule has 0 aliphatic carbocycles. The molecule has 0 bridgehead atoms. The lowest BCUT2D eigenvalue weighted by atomic mass is 9.95. The maximum Gasteiger partial charge on any atom is 0.229 e. The highest BCUT2D eigenvalue weighted by Gasteiger charge is 2.24. The van der Waals surface area contributed by atoms with Crippen molar-refractivity contribution in [1.82, 2.24) is 4.98 Å². The van der Waals surface area contributed by atoms with Crippen LogP contribution in [0.5, 0.6) is 5.75 Å². The van der Waals surface area contributed by atoms with Crippen LogP contribution in [0.15, 0.2) is 42.7 Å². The molecule has 1 N–H and O–H groups in total. The third kappa shape index (κ3) is 3.74. The summed E-state index contributed by atoms with van der Waals surface area (Å²) >= 11 is 0. The molecule has 1 aromatic heterocycles. The van der Waals surface area contributed by atoms with Crippen LogP contribution in [0.25, 0.3) is 0 Å². The van der Waals surface area contributed by atoms with Gasteiger partial charge < -0.3 is 10.1 Å². The van der Waals surface area contributed by atoms with Crippen LogP contribution in [-0.2, 0) is 4.79 Å². The van der Waals surface area contributed by atoms with E-state index >= 15 is 0 Å². The lowest BCUT2D eigenvalue weighted by Gasteiger charge is -2.19. The number of pyridine rings is 1. The molecule has 2 aromatic rings. The van der Waals surface area contributed by atoms with E-state index in [4.69, 9.17) is 4.74 Å². The van der Waals surface area contributed by atoms with Gasteiger partial charge in [0.05, 0.1) is 24.6 Å². The van der Waals surface area contributed by atoms with Crippen LogP contribution in [0.3, 0.4) is 0 Å². The highest BCUT2D eigenvalue weighted by Crippen LogP contribution is 2.25. The van der Waals surface area contributed by atoms with Crippen LogP contribution in [0.4, 0.5) is 5.69 Å². The molecule has 0 saturated heterocycles. The fourth-order valence-corrected chi connectivity index (χ4v) is 1.98. The number of amides is 1. The zero-order valence-corrected chi connectivity index (χ0v) is 13.7. The molecule has 0 fully saturated rings. The van der Waals surface area contributed by atoms with Gasteiger partial charge in [0, 0.05) is 17.2 Å². The highest BCUT2D eigenvalue weighted by atomic mass is 16.5. The largest absolute Gasteiger partial charge is 0.496 e. The van der Waals surface area contributed by atoms with Crippen molar-refractivity contribution in [2.75, 3.05) is 12.4 Å². The number of rotatable bonds is 4. The number of ether oxygens (including phenoxy) is 1. The smallest absolute Gasteiger partial charge is 0.229 e. The average Bonchev–Trinajstić information content (AvgIpc) is 2.53. The Morgan fingerprint density at radius 3 is 2.43 bits per heavy atom. The van der Waals surface area contributed by atoms with Gasteiger partial charge >= 0.3 is 0 Å². The van der Waals surface area contributed by atoms with Gasteiger partial charge in [0.2, 0.25) is 5.91 Å². The molecule has 1 aromatic carbocycles. The molecule has 0 spiro atoms. The third-order valence-electron chi connectivity index (χ3n) is 3.35. The van der Waals surface area contributed by atoms with E-state index in [-0.39, 0.29) is 11.7 Å². The van der Waals surface area contributed by atoms with Crippen molar-refractivity contribution in [1.29, 1.82) is 0 Å². The summed E-state index contributed by atoms with van der Waals surface area (Å²) in [7, 11) is 1.51. The molecule has 0 radical (unpaired) electrons. The normalized spacial score (nSPS) is 11.0. The highest BCUT2D eigenvalue weighted by molar-refractivity contribution is 6.15. The number of methoxy groups -OCH3 is 1. The minimum atomic E-state index is -0.569. The van der Waals surface area contributed by atoms with E-state index in [0.717, 1.165) is 0 Å². The van der Waals surface area contributed by atoms with Gasteiger partial charge in [-0.15, -0.1) is 0 Å². The molecule has 0 unspecified atom stereocenters. The summed E-state index contributed by atoms with van der Waals surface area (Å²) in [5.41, 5.74) is 0.638. The van der Waals surface area contributed by atoms with Crippen LogP contribution < -0.4 is 10.1 Å². The fourth-order valence-electron chi connectivity index (χ4n) is 1.98. The standard InChI is InChI=1S/C18H20N2O3/c1-18(2,3)17(22)20-14-11-19-10-9-12(14)16(21)13-7-5-6-8-15(13)23-4/h5-11H,1-4H3,(H,20,22). The second-order valence-corrected chi connectivity index (χ2v) is 6.15. The zero-order valence-electron chi connectivity index (χ0n) is 13.7. The van der Waals surface area contributed by atoms with Crippen molar-refractivity contribution in [3.05, 3.63) is 53.9 Å². The van der Waals surface area contributed by atoms with E-state index in [1.807, 2.05) is 0 Å². The van der Waals surface area contributed by atoms with E-state index in [1.165, 1.54) is 19.5 Å². The molecule has 5 heteroatoms. The molecule has 2 rings (SSSR count). The lowest BCUT2D eigenvalue weighted by Crippen LogP contribution is -2.28. The quantitative estimate of drug-likeness (QED) is 0.880. The number of carbonyl (C=O) groups is 2. The van der Waals surface area contributed by atoms with Crippen LogP contribution in [0.1, 0.15) is 36.7 Å². The van der Waals surface area contributed by atoms with Crippen LogP contribution >= 0.6 is 0 Å². The summed E-state index contributed by atoms with van der Waals surface area (Å²) in [4.78, 5) is 29.0. The summed E-state index contributed by atoms with van der Waals surface area (Å²) < 4.78 is 5.24. The molecule has 0 atom stereocenters. The van der Waals surface area contributed by atoms with Gasteiger partial charge in [-0.3, -0.25) is 14.6 Å². The first-order chi connectivity index (χ1) is 10.8. The van der Waals surface area contributed by atoms with E-state index in [2.05, 4.69) is 10.3 Å². The topological polar surface area (TPSA) is 68.3 Å². The van der Waals surface area contributed by atoms with E-state index < -0.39 is 5.41 Å². The second kappa shape index (κ2) is 6.60. The van der Waals surface area contributed by atoms with Crippen molar-refractivity contribution < 1.29 is 14.3 Å². The van der Waals surface area contributed by atoms with Crippen LogP contribution in [0, 0.1) is 5.41 Å². The molecular weight excluding hydrogens is 292 g/mol. The Balaban J connectivity index is 2.41. The molecule has 0 saturated carbocycles. The van der Waals surface area contributed by atoms with Gasteiger partial charge in [0.1, 0.15) is 5.75 Å². The Morgan fingerprint density at radius 1 is 1.09 bits per heavy atom. The second-order valence-electron chi connectivity index (χ2n) is 6.15. The van der Waals surface area contributed by atoms with Crippen molar-refractivity contribution in [2.45, 2.75) is 20.8 Å². The molecule has 0 aliphatic rings. The number of nitrogens with one attached hydrogen (secondary N) is 1. The SMILES string of the molecule is COc1ccccc1C(=O)c1ccncc1NC(=O)C(C)(C)C. The van der Waals surface area contributed by atoms with Gasteiger partial charge in [-0.25, -0.2) is 0 Å². The number of hydrogen-bond acceptors (Lipinski definition) is 4. The first kappa shape index (κ1) is 16.7.